The van der Waals surface area contributed by atoms with E-state index in [4.69, 9.17) is 0 Å². The molecule has 1 N–H and O–H groups in total. The van der Waals surface area contributed by atoms with Gasteiger partial charge in [0.15, 0.2) is 11.3 Å². The molecule has 0 saturated carbocycles. The number of rotatable bonds is 4. The fraction of sp³-hybridized carbons (Fsp3) is 0.350. The van der Waals surface area contributed by atoms with Crippen LogP contribution in [0.25, 0.3) is 0 Å². The lowest BCUT2D eigenvalue weighted by molar-refractivity contribution is -0.130. The molecule has 1 aliphatic heterocycles. The van der Waals surface area contributed by atoms with Crippen LogP contribution in [0.5, 0.6) is 0 Å². The van der Waals surface area contributed by atoms with Crippen LogP contribution in [0.1, 0.15) is 44.4 Å². The zero-order valence-corrected chi connectivity index (χ0v) is 16.4. The van der Waals surface area contributed by atoms with Gasteiger partial charge in [-0.3, -0.25) is 14.5 Å². The van der Waals surface area contributed by atoms with Gasteiger partial charge in [0.05, 0.1) is 6.54 Å². The number of carbonyl (C=O) groups excluding carboxylic acids is 3. The zero-order valence-electron chi connectivity index (χ0n) is 15.6. The number of hydrogen-bond donors (Lipinski definition) is 1. The fourth-order valence-corrected chi connectivity index (χ4v) is 4.14. The molecule has 5 nitrogen and oxygen atoms in total. The van der Waals surface area contributed by atoms with Gasteiger partial charge in [-0.05, 0) is 74.4 Å². The van der Waals surface area contributed by atoms with Crippen molar-refractivity contribution in [1.29, 1.82) is 0 Å². The van der Waals surface area contributed by atoms with Gasteiger partial charge in [0.2, 0.25) is 0 Å². The molecule has 1 unspecified atom stereocenters. The summed E-state index contributed by atoms with van der Waals surface area (Å²) in [7, 11) is 0. The van der Waals surface area contributed by atoms with Crippen molar-refractivity contribution in [2.24, 2.45) is 0 Å². The number of benzene rings is 1. The summed E-state index contributed by atoms with van der Waals surface area (Å²) in [6.07, 6.45) is 0. The van der Waals surface area contributed by atoms with Gasteiger partial charge in [-0.1, -0.05) is 6.07 Å². The van der Waals surface area contributed by atoms with Crippen molar-refractivity contribution in [3.8, 4) is 0 Å². The number of aryl methyl sites for hydroxylation is 1. The number of hydrogen-bond acceptors (Lipinski definition) is 4. The fourth-order valence-electron chi connectivity index (χ4n) is 3.30. The third kappa shape index (κ3) is 2.74. The summed E-state index contributed by atoms with van der Waals surface area (Å²) in [4.78, 5) is 39.9. The van der Waals surface area contributed by atoms with E-state index in [1.54, 1.807) is 6.92 Å². The van der Waals surface area contributed by atoms with Gasteiger partial charge in [-0.25, -0.2) is 4.79 Å². The van der Waals surface area contributed by atoms with Crippen LogP contribution in [0.15, 0.2) is 23.6 Å². The number of nitrogens with zero attached hydrogens (tertiary/aromatic N) is 1. The lowest BCUT2D eigenvalue weighted by Crippen LogP contribution is -2.41. The summed E-state index contributed by atoms with van der Waals surface area (Å²) >= 11 is 1.40. The summed E-state index contributed by atoms with van der Waals surface area (Å²) in [5, 5.41) is 4.59. The summed E-state index contributed by atoms with van der Waals surface area (Å²) in [5.74, 6) is -0.621. The van der Waals surface area contributed by atoms with Crippen molar-refractivity contribution >= 4 is 29.1 Å². The summed E-state index contributed by atoms with van der Waals surface area (Å²) in [6.45, 7) is 9.28. The van der Waals surface area contributed by atoms with Gasteiger partial charge in [0.25, 0.3) is 5.91 Å². The first kappa shape index (κ1) is 18.3. The number of carbonyl (C=O) groups is 3. The van der Waals surface area contributed by atoms with Crippen LogP contribution in [0.3, 0.4) is 0 Å². The molecule has 0 radical (unpaired) electrons. The number of urea groups is 1. The SMILES string of the molecule is Cc1cc(C(=O)CN2C(=O)NC(C)(c3cccs3)C2=O)c(C)c(C)c1C. The van der Waals surface area contributed by atoms with Gasteiger partial charge in [0, 0.05) is 10.4 Å². The minimum Gasteiger partial charge on any atom is -0.319 e. The first-order valence-corrected chi connectivity index (χ1v) is 9.33. The number of imide groups is 1. The van der Waals surface area contributed by atoms with E-state index >= 15 is 0 Å². The van der Waals surface area contributed by atoms with E-state index in [1.165, 1.54) is 11.3 Å². The quantitative estimate of drug-likeness (QED) is 0.660. The number of amides is 3. The second kappa shape index (κ2) is 6.36. The lowest BCUT2D eigenvalue weighted by atomic mass is 9.92. The van der Waals surface area contributed by atoms with E-state index in [0.29, 0.717) is 5.56 Å². The normalized spacial score (nSPS) is 19.8. The van der Waals surface area contributed by atoms with E-state index in [2.05, 4.69) is 5.32 Å². The molecular formula is C20H22N2O3S. The van der Waals surface area contributed by atoms with Gasteiger partial charge in [0.1, 0.15) is 0 Å². The van der Waals surface area contributed by atoms with Gasteiger partial charge >= 0.3 is 6.03 Å². The van der Waals surface area contributed by atoms with Crippen LogP contribution >= 0.6 is 11.3 Å². The molecule has 1 atom stereocenters. The van der Waals surface area contributed by atoms with Gasteiger partial charge in [-0.15, -0.1) is 11.3 Å². The van der Waals surface area contributed by atoms with Crippen molar-refractivity contribution in [2.75, 3.05) is 6.54 Å². The number of ketones is 1. The Balaban J connectivity index is 1.89. The molecule has 136 valence electrons. The molecule has 2 heterocycles. The van der Waals surface area contributed by atoms with E-state index in [1.807, 2.05) is 51.3 Å². The third-order valence-electron chi connectivity index (χ3n) is 5.37. The monoisotopic (exact) mass is 370 g/mol. The third-order valence-corrected chi connectivity index (χ3v) is 6.46. The summed E-state index contributed by atoms with van der Waals surface area (Å²) in [6, 6.07) is 4.96. The summed E-state index contributed by atoms with van der Waals surface area (Å²) < 4.78 is 0. The number of nitrogens with one attached hydrogen (secondary N) is 1. The van der Waals surface area contributed by atoms with Crippen molar-refractivity contribution in [3.05, 3.63) is 56.3 Å². The molecule has 0 spiro atoms. The Hall–Kier alpha value is -2.47. The zero-order chi connectivity index (χ0) is 19.2. The standard InChI is InChI=1S/C20H22N2O3S/c1-11-9-15(14(4)13(3)12(11)2)16(23)10-22-18(24)20(5,21-19(22)25)17-7-6-8-26-17/h6-9H,10H2,1-5H3,(H,21,25). The van der Waals surface area contributed by atoms with Crippen molar-refractivity contribution in [3.63, 3.8) is 0 Å². The molecule has 6 heteroatoms. The molecule has 1 aromatic heterocycles. The highest BCUT2D eigenvalue weighted by molar-refractivity contribution is 7.10. The van der Waals surface area contributed by atoms with E-state index in [0.717, 1.165) is 32.0 Å². The maximum atomic E-state index is 12.9. The average molecular weight is 370 g/mol. The molecule has 1 aliphatic rings. The molecule has 1 aromatic carbocycles. The Morgan fingerprint density at radius 1 is 1.15 bits per heavy atom. The second-order valence-electron chi connectivity index (χ2n) is 6.96. The minimum absolute atomic E-state index is 0.229. The Labute approximate surface area is 157 Å². The highest BCUT2D eigenvalue weighted by Gasteiger charge is 2.50. The smallest absolute Gasteiger partial charge is 0.319 e. The van der Waals surface area contributed by atoms with Crippen LogP contribution in [0.4, 0.5) is 4.79 Å². The van der Waals surface area contributed by atoms with Crippen LogP contribution in [-0.4, -0.2) is 29.2 Å². The molecule has 3 amide bonds. The maximum absolute atomic E-state index is 12.9. The number of thiophene rings is 1. The van der Waals surface area contributed by atoms with Crippen molar-refractivity contribution in [2.45, 2.75) is 40.2 Å². The van der Waals surface area contributed by atoms with Gasteiger partial charge < -0.3 is 5.32 Å². The first-order chi connectivity index (χ1) is 12.2. The predicted octanol–water partition coefficient (Wildman–Crippen LogP) is 3.63. The van der Waals surface area contributed by atoms with Gasteiger partial charge in [-0.2, -0.15) is 0 Å². The van der Waals surface area contributed by atoms with E-state index < -0.39 is 17.5 Å². The lowest BCUT2D eigenvalue weighted by Gasteiger charge is -2.20. The Morgan fingerprint density at radius 2 is 1.85 bits per heavy atom. The van der Waals surface area contributed by atoms with Crippen molar-refractivity contribution in [1.82, 2.24) is 10.2 Å². The second-order valence-corrected chi connectivity index (χ2v) is 7.91. The number of Topliss-reactive ketones (excluding diaryl/α,β-unsaturated/α-hetero) is 1. The molecule has 0 aliphatic carbocycles. The maximum Gasteiger partial charge on any atom is 0.325 e. The molecular weight excluding hydrogens is 348 g/mol. The van der Waals surface area contributed by atoms with Crippen LogP contribution < -0.4 is 5.32 Å². The highest BCUT2D eigenvalue weighted by atomic mass is 32.1. The molecule has 3 rings (SSSR count). The van der Waals surface area contributed by atoms with E-state index in [-0.39, 0.29) is 12.3 Å². The minimum atomic E-state index is -1.11. The van der Waals surface area contributed by atoms with Crippen LogP contribution in [0.2, 0.25) is 0 Å². The van der Waals surface area contributed by atoms with E-state index in [9.17, 15) is 14.4 Å². The molecule has 2 aromatic rings. The Morgan fingerprint density at radius 3 is 2.46 bits per heavy atom. The van der Waals surface area contributed by atoms with Crippen LogP contribution in [0, 0.1) is 27.7 Å². The molecule has 1 saturated heterocycles. The van der Waals surface area contributed by atoms with Crippen molar-refractivity contribution < 1.29 is 14.4 Å². The first-order valence-electron chi connectivity index (χ1n) is 8.45. The molecule has 0 bridgehead atoms. The largest absolute Gasteiger partial charge is 0.325 e. The Kier molecular flexibility index (Phi) is 4.48. The Bertz CT molecular complexity index is 918. The highest BCUT2D eigenvalue weighted by Crippen LogP contribution is 2.32. The molecule has 1 fully saturated rings. The summed E-state index contributed by atoms with van der Waals surface area (Å²) in [5.41, 5.74) is 3.59. The predicted molar refractivity (Wildman–Crippen MR) is 102 cm³/mol. The molecule has 26 heavy (non-hydrogen) atoms. The van der Waals surface area contributed by atoms with Crippen LogP contribution in [-0.2, 0) is 10.3 Å². The average Bonchev–Trinajstić information content (AvgIpc) is 3.21. The topological polar surface area (TPSA) is 66.5 Å².